The predicted molar refractivity (Wildman–Crippen MR) is 110 cm³/mol. The molecule has 1 heterocycles. The second-order valence-electron chi connectivity index (χ2n) is 7.06. The number of carbonyl (C=O) groups excluding carboxylic acids is 2. The smallest absolute Gasteiger partial charge is 0.241 e. The number of likely N-dealkylation sites (tertiary alicyclic amines) is 1. The number of rotatable bonds is 6. The fraction of sp³-hybridized carbons (Fsp3) is 0.364. The summed E-state index contributed by atoms with van der Waals surface area (Å²) in [6.45, 7) is 3.36. The summed E-state index contributed by atoms with van der Waals surface area (Å²) in [6, 6.07) is 16.5. The van der Waals surface area contributed by atoms with Crippen molar-refractivity contribution in [1.82, 2.24) is 4.90 Å². The minimum Gasteiger partial charge on any atom is -0.497 e. The van der Waals surface area contributed by atoms with Gasteiger partial charge in [-0.15, -0.1) is 0 Å². The molecule has 3 rings (SSSR count). The number of nitrogens with zero attached hydrogens (tertiary/aromatic N) is 1. The molecule has 148 valence electrons. The first-order valence-electron chi connectivity index (χ1n) is 9.61. The average Bonchev–Trinajstić information content (AvgIpc) is 2.74. The maximum Gasteiger partial charge on any atom is 0.241 e. The SMILES string of the molecule is COc1ccc(NC(=O)[C@H](C)N2CCC(C(=O)Nc3ccccc3)CC2)cc1. The number of para-hydroxylation sites is 1. The van der Waals surface area contributed by atoms with Gasteiger partial charge in [-0.05, 0) is 69.3 Å². The molecule has 0 unspecified atom stereocenters. The number of benzene rings is 2. The highest BCUT2D eigenvalue weighted by Gasteiger charge is 2.29. The van der Waals surface area contributed by atoms with E-state index in [2.05, 4.69) is 15.5 Å². The number of methoxy groups -OCH3 is 1. The van der Waals surface area contributed by atoms with Gasteiger partial charge in [0.1, 0.15) is 5.75 Å². The van der Waals surface area contributed by atoms with Gasteiger partial charge in [-0.1, -0.05) is 18.2 Å². The van der Waals surface area contributed by atoms with E-state index in [1.807, 2.05) is 61.5 Å². The van der Waals surface area contributed by atoms with Crippen LogP contribution in [-0.4, -0.2) is 43.0 Å². The molecule has 1 saturated heterocycles. The van der Waals surface area contributed by atoms with Crippen LogP contribution in [0.1, 0.15) is 19.8 Å². The van der Waals surface area contributed by atoms with Gasteiger partial charge in [0.15, 0.2) is 0 Å². The highest BCUT2D eigenvalue weighted by atomic mass is 16.5. The quantitative estimate of drug-likeness (QED) is 0.805. The van der Waals surface area contributed by atoms with Crippen LogP contribution >= 0.6 is 0 Å². The molecule has 2 N–H and O–H groups in total. The van der Waals surface area contributed by atoms with Gasteiger partial charge in [0, 0.05) is 17.3 Å². The third-order valence-electron chi connectivity index (χ3n) is 5.23. The Morgan fingerprint density at radius 1 is 0.964 bits per heavy atom. The monoisotopic (exact) mass is 381 g/mol. The molecule has 0 saturated carbocycles. The molecule has 1 fully saturated rings. The van der Waals surface area contributed by atoms with Gasteiger partial charge < -0.3 is 15.4 Å². The van der Waals surface area contributed by atoms with Crippen molar-refractivity contribution in [2.75, 3.05) is 30.8 Å². The molecule has 28 heavy (non-hydrogen) atoms. The lowest BCUT2D eigenvalue weighted by atomic mass is 9.94. The first kappa shape index (κ1) is 19.9. The van der Waals surface area contributed by atoms with Crippen LogP contribution < -0.4 is 15.4 Å². The van der Waals surface area contributed by atoms with Gasteiger partial charge in [0.05, 0.1) is 13.2 Å². The summed E-state index contributed by atoms with van der Waals surface area (Å²) >= 11 is 0. The molecule has 6 nitrogen and oxygen atoms in total. The van der Waals surface area contributed by atoms with Crippen LogP contribution in [0.4, 0.5) is 11.4 Å². The molecule has 0 radical (unpaired) electrons. The van der Waals surface area contributed by atoms with Crippen molar-refractivity contribution in [2.24, 2.45) is 5.92 Å². The fourth-order valence-corrected chi connectivity index (χ4v) is 3.40. The molecule has 0 bridgehead atoms. The van der Waals surface area contributed by atoms with Crippen molar-refractivity contribution in [3.8, 4) is 5.75 Å². The van der Waals surface area contributed by atoms with Crippen LogP contribution in [0.15, 0.2) is 54.6 Å². The van der Waals surface area contributed by atoms with Crippen molar-refractivity contribution >= 4 is 23.2 Å². The van der Waals surface area contributed by atoms with E-state index >= 15 is 0 Å². The Morgan fingerprint density at radius 3 is 2.18 bits per heavy atom. The summed E-state index contributed by atoms with van der Waals surface area (Å²) in [5.41, 5.74) is 1.57. The molecule has 2 amide bonds. The zero-order valence-electron chi connectivity index (χ0n) is 16.4. The molecule has 0 aromatic heterocycles. The summed E-state index contributed by atoms with van der Waals surface area (Å²) in [5, 5.41) is 5.91. The number of piperidine rings is 1. The largest absolute Gasteiger partial charge is 0.497 e. The van der Waals surface area contributed by atoms with Gasteiger partial charge >= 0.3 is 0 Å². The summed E-state index contributed by atoms with van der Waals surface area (Å²) in [7, 11) is 1.61. The van der Waals surface area contributed by atoms with Crippen LogP contribution in [0.2, 0.25) is 0 Å². The Balaban J connectivity index is 1.47. The van der Waals surface area contributed by atoms with Crippen molar-refractivity contribution in [3.63, 3.8) is 0 Å². The van der Waals surface area contributed by atoms with Gasteiger partial charge in [-0.3, -0.25) is 14.5 Å². The Labute approximate surface area is 165 Å². The number of ether oxygens (including phenoxy) is 1. The van der Waals surface area contributed by atoms with E-state index in [9.17, 15) is 9.59 Å². The Hall–Kier alpha value is -2.86. The van der Waals surface area contributed by atoms with E-state index in [0.717, 1.165) is 43.1 Å². The van der Waals surface area contributed by atoms with Crippen molar-refractivity contribution < 1.29 is 14.3 Å². The summed E-state index contributed by atoms with van der Waals surface area (Å²) in [6.07, 6.45) is 1.50. The van der Waals surface area contributed by atoms with Crippen LogP contribution in [0.25, 0.3) is 0 Å². The fourth-order valence-electron chi connectivity index (χ4n) is 3.40. The molecule has 1 atom stereocenters. The third-order valence-corrected chi connectivity index (χ3v) is 5.23. The van der Waals surface area contributed by atoms with E-state index < -0.39 is 0 Å². The molecule has 1 aliphatic heterocycles. The first-order valence-corrected chi connectivity index (χ1v) is 9.61. The molecule has 1 aliphatic rings. The average molecular weight is 381 g/mol. The van der Waals surface area contributed by atoms with Crippen LogP contribution in [-0.2, 0) is 9.59 Å². The Bertz CT molecular complexity index is 784. The second-order valence-corrected chi connectivity index (χ2v) is 7.06. The van der Waals surface area contributed by atoms with Crippen molar-refractivity contribution in [1.29, 1.82) is 0 Å². The Morgan fingerprint density at radius 2 is 1.57 bits per heavy atom. The summed E-state index contributed by atoms with van der Waals surface area (Å²) < 4.78 is 5.13. The van der Waals surface area contributed by atoms with Crippen LogP contribution in [0.5, 0.6) is 5.75 Å². The number of amides is 2. The topological polar surface area (TPSA) is 70.7 Å². The maximum atomic E-state index is 12.6. The van der Waals surface area contributed by atoms with E-state index in [1.54, 1.807) is 7.11 Å². The lowest BCUT2D eigenvalue weighted by Crippen LogP contribution is -2.47. The maximum absolute atomic E-state index is 12.6. The van der Waals surface area contributed by atoms with Crippen molar-refractivity contribution in [3.05, 3.63) is 54.6 Å². The van der Waals surface area contributed by atoms with Crippen molar-refractivity contribution in [2.45, 2.75) is 25.8 Å². The van der Waals surface area contributed by atoms with E-state index in [-0.39, 0.29) is 23.8 Å². The highest BCUT2D eigenvalue weighted by molar-refractivity contribution is 5.95. The van der Waals surface area contributed by atoms with Gasteiger partial charge in [-0.2, -0.15) is 0 Å². The lowest BCUT2D eigenvalue weighted by molar-refractivity contribution is -0.123. The predicted octanol–water partition coefficient (Wildman–Crippen LogP) is 3.37. The van der Waals surface area contributed by atoms with E-state index in [1.165, 1.54) is 0 Å². The molecular formula is C22H27N3O3. The molecular weight excluding hydrogens is 354 g/mol. The minimum absolute atomic E-state index is 0.0201. The normalized spacial score (nSPS) is 16.2. The van der Waals surface area contributed by atoms with E-state index in [0.29, 0.717) is 0 Å². The molecule has 2 aromatic rings. The van der Waals surface area contributed by atoms with Gasteiger partial charge in [0.2, 0.25) is 11.8 Å². The first-order chi connectivity index (χ1) is 13.6. The van der Waals surface area contributed by atoms with Crippen LogP contribution in [0, 0.1) is 5.92 Å². The van der Waals surface area contributed by atoms with Gasteiger partial charge in [-0.25, -0.2) is 0 Å². The second kappa shape index (κ2) is 9.37. The zero-order chi connectivity index (χ0) is 19.9. The number of nitrogens with one attached hydrogen (secondary N) is 2. The molecule has 2 aromatic carbocycles. The Kier molecular flexibility index (Phi) is 6.66. The van der Waals surface area contributed by atoms with Crippen LogP contribution in [0.3, 0.4) is 0 Å². The van der Waals surface area contributed by atoms with Gasteiger partial charge in [0.25, 0.3) is 0 Å². The highest BCUT2D eigenvalue weighted by Crippen LogP contribution is 2.22. The summed E-state index contributed by atoms with van der Waals surface area (Å²) in [4.78, 5) is 27.1. The number of anilines is 2. The number of carbonyl (C=O) groups is 2. The molecule has 0 aliphatic carbocycles. The standard InChI is InChI=1S/C22H27N3O3/c1-16(21(26)23-19-8-10-20(28-2)11-9-19)25-14-12-17(13-15-25)22(27)24-18-6-4-3-5-7-18/h3-11,16-17H,12-15H2,1-2H3,(H,23,26)(H,24,27)/t16-/m0/s1. The third kappa shape index (κ3) is 5.10. The van der Waals surface area contributed by atoms with E-state index in [4.69, 9.17) is 4.74 Å². The summed E-state index contributed by atoms with van der Waals surface area (Å²) in [5.74, 6) is 0.744. The minimum atomic E-state index is -0.250. The molecule has 6 heteroatoms. The number of hydrogen-bond acceptors (Lipinski definition) is 4. The number of hydrogen-bond donors (Lipinski definition) is 2. The zero-order valence-corrected chi connectivity index (χ0v) is 16.4. The lowest BCUT2D eigenvalue weighted by Gasteiger charge is -2.34. The molecule has 0 spiro atoms.